The molecule has 0 aromatic carbocycles. The van der Waals surface area contributed by atoms with Gasteiger partial charge >= 0.3 is 0 Å². The van der Waals surface area contributed by atoms with Gasteiger partial charge in [0, 0.05) is 18.1 Å². The molecule has 0 bridgehead atoms. The predicted octanol–water partition coefficient (Wildman–Crippen LogP) is 1.99. The van der Waals surface area contributed by atoms with E-state index in [1.54, 1.807) is 0 Å². The number of fused-ring (bicyclic) bond motifs is 1. The highest BCUT2D eigenvalue weighted by Crippen LogP contribution is 2.35. The third-order valence-electron chi connectivity index (χ3n) is 4.08. The third kappa shape index (κ3) is 1.96. The summed E-state index contributed by atoms with van der Waals surface area (Å²) in [5.74, 6) is 0.950. The Hall–Kier alpha value is -0.0800. The summed E-state index contributed by atoms with van der Waals surface area (Å²) in [5, 5.41) is 0. The van der Waals surface area contributed by atoms with E-state index in [4.69, 9.17) is 5.73 Å². The zero-order valence-electron chi connectivity index (χ0n) is 9.58. The molecule has 0 amide bonds. The molecule has 1 aliphatic heterocycles. The SMILES string of the molecule is CC(C)N1CCCC2CCC(N)CC21. The Morgan fingerprint density at radius 2 is 2.00 bits per heavy atom. The minimum absolute atomic E-state index is 0.468. The van der Waals surface area contributed by atoms with E-state index in [0.717, 1.165) is 12.0 Å². The Bertz CT molecular complexity index is 191. The first-order valence-electron chi connectivity index (χ1n) is 6.20. The summed E-state index contributed by atoms with van der Waals surface area (Å²) < 4.78 is 0. The maximum Gasteiger partial charge on any atom is 0.0141 e. The lowest BCUT2D eigenvalue weighted by Crippen LogP contribution is -2.53. The molecule has 3 unspecified atom stereocenters. The van der Waals surface area contributed by atoms with Crippen molar-refractivity contribution >= 4 is 0 Å². The highest BCUT2D eigenvalue weighted by atomic mass is 15.2. The summed E-state index contributed by atoms with van der Waals surface area (Å²) in [6.07, 6.45) is 6.71. The van der Waals surface area contributed by atoms with Gasteiger partial charge in [-0.25, -0.2) is 0 Å². The molecule has 2 N–H and O–H groups in total. The van der Waals surface area contributed by atoms with E-state index in [0.29, 0.717) is 12.1 Å². The number of hydrogen-bond donors (Lipinski definition) is 1. The molecule has 14 heavy (non-hydrogen) atoms. The molecule has 0 aromatic heterocycles. The first kappa shape index (κ1) is 10.4. The van der Waals surface area contributed by atoms with Crippen molar-refractivity contribution in [2.75, 3.05) is 6.54 Å². The van der Waals surface area contributed by atoms with Crippen molar-refractivity contribution in [3.8, 4) is 0 Å². The largest absolute Gasteiger partial charge is 0.328 e. The molecule has 1 saturated carbocycles. The molecule has 1 saturated heterocycles. The second-order valence-electron chi connectivity index (χ2n) is 5.37. The Labute approximate surface area is 87.8 Å². The van der Waals surface area contributed by atoms with Crippen molar-refractivity contribution in [1.82, 2.24) is 4.90 Å². The summed E-state index contributed by atoms with van der Waals surface area (Å²) >= 11 is 0. The van der Waals surface area contributed by atoms with Gasteiger partial charge in [-0.15, -0.1) is 0 Å². The van der Waals surface area contributed by atoms with Crippen LogP contribution in [0.3, 0.4) is 0 Å². The molecule has 2 heteroatoms. The number of rotatable bonds is 1. The molecule has 3 atom stereocenters. The van der Waals surface area contributed by atoms with Crippen LogP contribution in [0.4, 0.5) is 0 Å². The normalized spacial score (nSPS) is 39.9. The fraction of sp³-hybridized carbons (Fsp3) is 1.00. The summed E-state index contributed by atoms with van der Waals surface area (Å²) in [6, 6.07) is 1.97. The lowest BCUT2D eigenvalue weighted by molar-refractivity contribution is 0.0314. The number of nitrogens with zero attached hydrogens (tertiary/aromatic N) is 1. The Morgan fingerprint density at radius 3 is 2.71 bits per heavy atom. The number of hydrogen-bond acceptors (Lipinski definition) is 2. The van der Waals surface area contributed by atoms with E-state index in [-0.39, 0.29) is 0 Å². The second kappa shape index (κ2) is 4.19. The van der Waals surface area contributed by atoms with Gasteiger partial charge < -0.3 is 5.73 Å². The first-order chi connectivity index (χ1) is 6.68. The maximum absolute atomic E-state index is 6.08. The van der Waals surface area contributed by atoms with Gasteiger partial charge in [0.1, 0.15) is 0 Å². The molecular formula is C12H24N2. The monoisotopic (exact) mass is 196 g/mol. The van der Waals surface area contributed by atoms with Gasteiger partial charge in [-0.1, -0.05) is 0 Å². The zero-order chi connectivity index (χ0) is 10.1. The van der Waals surface area contributed by atoms with E-state index < -0.39 is 0 Å². The van der Waals surface area contributed by atoms with Gasteiger partial charge in [0.25, 0.3) is 0 Å². The third-order valence-corrected chi connectivity index (χ3v) is 4.08. The molecule has 2 rings (SSSR count). The Morgan fingerprint density at radius 1 is 1.21 bits per heavy atom. The van der Waals surface area contributed by atoms with E-state index in [9.17, 15) is 0 Å². The van der Waals surface area contributed by atoms with E-state index in [1.807, 2.05) is 0 Å². The minimum atomic E-state index is 0.468. The van der Waals surface area contributed by atoms with Crippen molar-refractivity contribution in [3.05, 3.63) is 0 Å². The quantitative estimate of drug-likeness (QED) is 0.695. The molecule has 0 spiro atoms. The number of likely N-dealkylation sites (tertiary alicyclic amines) is 1. The standard InChI is InChI=1S/C12H24N2/c1-9(2)14-7-3-4-10-5-6-11(13)8-12(10)14/h9-12H,3-8,13H2,1-2H3. The van der Waals surface area contributed by atoms with Gasteiger partial charge in [0.05, 0.1) is 0 Å². The van der Waals surface area contributed by atoms with Gasteiger partial charge in [0.2, 0.25) is 0 Å². The lowest BCUT2D eigenvalue weighted by atomic mass is 9.76. The average molecular weight is 196 g/mol. The van der Waals surface area contributed by atoms with Crippen LogP contribution in [0.1, 0.15) is 46.0 Å². The highest BCUT2D eigenvalue weighted by Gasteiger charge is 2.36. The minimum Gasteiger partial charge on any atom is -0.328 e. The summed E-state index contributed by atoms with van der Waals surface area (Å²) in [6.45, 7) is 5.94. The van der Waals surface area contributed by atoms with Crippen molar-refractivity contribution in [2.24, 2.45) is 11.7 Å². The summed E-state index contributed by atoms with van der Waals surface area (Å²) in [5.41, 5.74) is 6.08. The zero-order valence-corrected chi connectivity index (χ0v) is 9.58. The second-order valence-corrected chi connectivity index (χ2v) is 5.37. The van der Waals surface area contributed by atoms with E-state index in [2.05, 4.69) is 18.7 Å². The van der Waals surface area contributed by atoms with Crippen LogP contribution >= 0.6 is 0 Å². The molecule has 2 fully saturated rings. The fourth-order valence-electron chi connectivity index (χ4n) is 3.33. The van der Waals surface area contributed by atoms with Gasteiger partial charge in [-0.05, 0) is 58.4 Å². The molecule has 1 aliphatic carbocycles. The van der Waals surface area contributed by atoms with Crippen molar-refractivity contribution in [2.45, 2.75) is 64.1 Å². The van der Waals surface area contributed by atoms with E-state index >= 15 is 0 Å². The molecule has 82 valence electrons. The molecule has 0 radical (unpaired) electrons. The van der Waals surface area contributed by atoms with Gasteiger partial charge in [0.15, 0.2) is 0 Å². The smallest absolute Gasteiger partial charge is 0.0141 e. The van der Waals surface area contributed by atoms with Crippen LogP contribution in [-0.4, -0.2) is 29.6 Å². The molecule has 0 aromatic rings. The van der Waals surface area contributed by atoms with Crippen LogP contribution in [-0.2, 0) is 0 Å². The Balaban J connectivity index is 2.04. The van der Waals surface area contributed by atoms with Crippen LogP contribution in [0.15, 0.2) is 0 Å². The summed E-state index contributed by atoms with van der Waals surface area (Å²) in [7, 11) is 0. The molecular weight excluding hydrogens is 172 g/mol. The van der Waals surface area contributed by atoms with Crippen LogP contribution in [0, 0.1) is 5.92 Å². The maximum atomic E-state index is 6.08. The fourth-order valence-corrected chi connectivity index (χ4v) is 3.33. The predicted molar refractivity (Wildman–Crippen MR) is 60.2 cm³/mol. The highest BCUT2D eigenvalue weighted by molar-refractivity contribution is 4.92. The van der Waals surface area contributed by atoms with Crippen LogP contribution in [0.5, 0.6) is 0 Å². The molecule has 2 aliphatic rings. The average Bonchev–Trinajstić information content (AvgIpc) is 2.16. The van der Waals surface area contributed by atoms with Gasteiger partial charge in [-0.2, -0.15) is 0 Å². The number of piperidine rings is 1. The molecule has 1 heterocycles. The summed E-state index contributed by atoms with van der Waals surface area (Å²) in [4.78, 5) is 2.69. The van der Waals surface area contributed by atoms with Crippen LogP contribution in [0.2, 0.25) is 0 Å². The van der Waals surface area contributed by atoms with Crippen LogP contribution < -0.4 is 5.73 Å². The topological polar surface area (TPSA) is 29.3 Å². The van der Waals surface area contributed by atoms with Gasteiger partial charge in [-0.3, -0.25) is 4.90 Å². The molecule has 2 nitrogen and oxygen atoms in total. The van der Waals surface area contributed by atoms with Crippen molar-refractivity contribution in [3.63, 3.8) is 0 Å². The van der Waals surface area contributed by atoms with Crippen molar-refractivity contribution < 1.29 is 0 Å². The number of nitrogens with two attached hydrogens (primary N) is 1. The Kier molecular flexibility index (Phi) is 3.13. The lowest BCUT2D eigenvalue weighted by Gasteiger charge is -2.47. The van der Waals surface area contributed by atoms with Crippen molar-refractivity contribution in [1.29, 1.82) is 0 Å². The van der Waals surface area contributed by atoms with Crippen LogP contribution in [0.25, 0.3) is 0 Å². The first-order valence-corrected chi connectivity index (χ1v) is 6.20. The van der Waals surface area contributed by atoms with E-state index in [1.165, 1.54) is 38.6 Å².